The summed E-state index contributed by atoms with van der Waals surface area (Å²) in [5.74, 6) is 0.0383. The van der Waals surface area contributed by atoms with Gasteiger partial charge in [-0.25, -0.2) is 19.5 Å². The molecule has 4 aromatic rings. The molecule has 0 amide bonds. The molecule has 6 heterocycles. The third kappa shape index (κ3) is 5.46. The lowest BCUT2D eigenvalue weighted by Crippen LogP contribution is -2.28. The molecule has 2 saturated heterocycles. The molecule has 0 spiro atoms. The molecule has 2 aliphatic rings. The van der Waals surface area contributed by atoms with Crippen LogP contribution in [0.3, 0.4) is 0 Å². The topological polar surface area (TPSA) is 250 Å². The fourth-order valence-electron chi connectivity index (χ4n) is 5.18. The normalized spacial score (nSPS) is 28.5. The van der Waals surface area contributed by atoms with E-state index in [2.05, 4.69) is 54.5 Å². The van der Waals surface area contributed by atoms with Gasteiger partial charge in [-0.1, -0.05) is 24.5 Å². The van der Waals surface area contributed by atoms with Crippen molar-refractivity contribution >= 4 is 66.9 Å². The first-order valence-electron chi connectivity index (χ1n) is 12.5. The van der Waals surface area contributed by atoms with E-state index < -0.39 is 55.7 Å². The zero-order valence-electron chi connectivity index (χ0n) is 21.5. The summed E-state index contributed by atoms with van der Waals surface area (Å²) in [4.78, 5) is 31.1. The molecule has 4 aromatic heterocycles. The molecule has 0 aromatic carbocycles. The van der Waals surface area contributed by atoms with Crippen molar-refractivity contribution in [3.8, 4) is 0 Å². The molecule has 2 aliphatic heterocycles. The molecule has 6 N–H and O–H groups in total. The Morgan fingerprint density at radius 2 is 2.05 bits per heavy atom. The van der Waals surface area contributed by atoms with E-state index in [1.54, 1.807) is 0 Å². The number of aromatic nitrogens is 8. The van der Waals surface area contributed by atoms with Gasteiger partial charge >= 0.3 is 0 Å². The number of fused-ring (bicyclic) bond motifs is 2. The van der Waals surface area contributed by atoms with Crippen LogP contribution in [0.15, 0.2) is 23.6 Å². The van der Waals surface area contributed by atoms with Crippen LogP contribution in [0, 0.1) is 0 Å². The van der Waals surface area contributed by atoms with Crippen LogP contribution in [0.4, 0.5) is 11.8 Å². The average Bonchev–Trinajstić information content (AvgIpc) is 3.71. The Kier molecular flexibility index (Phi) is 8.10. The second-order valence-corrected chi connectivity index (χ2v) is 15.2. The van der Waals surface area contributed by atoms with Crippen molar-refractivity contribution in [1.82, 2.24) is 39.1 Å². The summed E-state index contributed by atoms with van der Waals surface area (Å²) in [7, 11) is -2.68. The number of ether oxygens (including phenoxy) is 2. The van der Waals surface area contributed by atoms with Gasteiger partial charge < -0.3 is 35.1 Å². The quantitative estimate of drug-likeness (QED) is 0.107. The molecule has 226 valence electrons. The van der Waals surface area contributed by atoms with Gasteiger partial charge in [-0.05, 0) is 6.42 Å². The summed E-state index contributed by atoms with van der Waals surface area (Å²) in [5, 5.41) is 14.0. The molecular formula is C20H26N10O8P2S2. The number of nitrogens with two attached hydrogens (primary N) is 2. The van der Waals surface area contributed by atoms with Crippen molar-refractivity contribution in [3.63, 3.8) is 0 Å². The summed E-state index contributed by atoms with van der Waals surface area (Å²) in [6.45, 7) is -4.47. The van der Waals surface area contributed by atoms with E-state index in [1.165, 1.54) is 27.9 Å². The van der Waals surface area contributed by atoms with Crippen molar-refractivity contribution < 1.29 is 32.8 Å². The van der Waals surface area contributed by atoms with Crippen LogP contribution in [0.5, 0.6) is 0 Å². The number of hydrogen-bond donors (Lipinski definition) is 6. The fourth-order valence-corrected chi connectivity index (χ4v) is 8.50. The average molecular weight is 661 g/mol. The van der Waals surface area contributed by atoms with Crippen molar-refractivity contribution in [3.05, 3.63) is 34.9 Å². The molecule has 0 bridgehead atoms. The summed E-state index contributed by atoms with van der Waals surface area (Å²) in [6, 6.07) is 0. The first-order chi connectivity index (χ1) is 20.1. The van der Waals surface area contributed by atoms with E-state index in [9.17, 15) is 19.0 Å². The van der Waals surface area contributed by atoms with Crippen LogP contribution in [0.2, 0.25) is 0 Å². The predicted molar refractivity (Wildman–Crippen MR) is 155 cm³/mol. The van der Waals surface area contributed by atoms with E-state index in [-0.39, 0.29) is 49.0 Å². The zero-order chi connectivity index (χ0) is 29.8. The number of H-pyrrole nitrogens is 1. The third-order valence-electron chi connectivity index (χ3n) is 7.08. The maximum absolute atomic E-state index is 14.0. The smallest absolute Gasteiger partial charge is 0.280 e. The number of aliphatic hydroxyl groups excluding tert-OH is 1. The lowest BCUT2D eigenvalue weighted by molar-refractivity contribution is -0.0223. The maximum Gasteiger partial charge on any atom is 0.280 e. The molecule has 8 atom stereocenters. The molecule has 1 unspecified atom stereocenters. The Morgan fingerprint density at radius 3 is 2.81 bits per heavy atom. The summed E-state index contributed by atoms with van der Waals surface area (Å²) >= 11 is 8.33. The van der Waals surface area contributed by atoms with Crippen molar-refractivity contribution in [2.24, 2.45) is 0 Å². The maximum atomic E-state index is 14.0. The summed E-state index contributed by atoms with van der Waals surface area (Å²) < 4.78 is 52.4. The summed E-state index contributed by atoms with van der Waals surface area (Å²) in [6.07, 6.45) is 0.580. The Hall–Kier alpha value is -2.54. The third-order valence-corrected chi connectivity index (χ3v) is 11.0. The molecule has 18 nitrogen and oxygen atoms in total. The van der Waals surface area contributed by atoms with Crippen molar-refractivity contribution in [2.75, 3.05) is 24.7 Å². The highest BCUT2D eigenvalue weighted by Crippen LogP contribution is 2.64. The van der Waals surface area contributed by atoms with Gasteiger partial charge in [-0.15, -0.1) is 0 Å². The lowest BCUT2D eigenvalue weighted by atomic mass is 10.1. The van der Waals surface area contributed by atoms with Gasteiger partial charge in [0.1, 0.15) is 24.8 Å². The first-order valence-corrected chi connectivity index (χ1v) is 18.0. The molecule has 22 heteroatoms. The lowest BCUT2D eigenvalue weighted by Gasteiger charge is -2.26. The number of imidazole rings is 2. The van der Waals surface area contributed by atoms with Crippen molar-refractivity contribution in [2.45, 2.75) is 49.1 Å². The Labute approximate surface area is 247 Å². The van der Waals surface area contributed by atoms with Gasteiger partial charge in [-0.3, -0.25) is 23.5 Å². The number of aliphatic hydroxyl groups is 1. The second-order valence-electron chi connectivity index (χ2n) is 9.65. The Morgan fingerprint density at radius 1 is 1.24 bits per heavy atom. The molecule has 42 heavy (non-hydrogen) atoms. The van der Waals surface area contributed by atoms with Gasteiger partial charge in [0.15, 0.2) is 22.6 Å². The molecule has 2 fully saturated rings. The van der Waals surface area contributed by atoms with E-state index in [0.29, 0.717) is 11.3 Å². The first kappa shape index (κ1) is 29.5. The van der Waals surface area contributed by atoms with Gasteiger partial charge in [-0.2, -0.15) is 10.1 Å². The van der Waals surface area contributed by atoms with Crippen LogP contribution in [0.25, 0.3) is 16.8 Å². The van der Waals surface area contributed by atoms with E-state index in [4.69, 9.17) is 30.0 Å². The number of nitrogen functional groups attached to an aromatic ring is 2. The Balaban J connectivity index is 1.24. The van der Waals surface area contributed by atoms with Crippen LogP contribution in [-0.2, 0) is 27.7 Å². The number of hydrogen-bond acceptors (Lipinski definition) is 15. The molecule has 0 saturated carbocycles. The van der Waals surface area contributed by atoms with E-state index >= 15 is 0 Å². The van der Waals surface area contributed by atoms with Gasteiger partial charge in [0.25, 0.3) is 12.1 Å². The van der Waals surface area contributed by atoms with E-state index in [0.717, 1.165) is 0 Å². The minimum Gasteiger partial charge on any atom is -0.394 e. The monoisotopic (exact) mass is 660 g/mol. The molecular weight excluding hydrogens is 634 g/mol. The highest BCUT2D eigenvalue weighted by atomic mass is 32.7. The van der Waals surface area contributed by atoms with Crippen LogP contribution < -0.4 is 17.0 Å². The molecule has 6 rings (SSSR count). The second kappa shape index (κ2) is 11.5. The minimum absolute atomic E-state index is 0.000650. The van der Waals surface area contributed by atoms with Gasteiger partial charge in [0.2, 0.25) is 13.2 Å². The predicted octanol–water partition coefficient (Wildman–Crippen LogP) is 0.744. The highest BCUT2D eigenvalue weighted by Gasteiger charge is 2.48. The number of nitrogens with zero attached hydrogens (tertiary/aromatic N) is 7. The largest absolute Gasteiger partial charge is 0.394 e. The van der Waals surface area contributed by atoms with Crippen LogP contribution >= 0.6 is 38.3 Å². The van der Waals surface area contributed by atoms with Crippen LogP contribution in [0.1, 0.15) is 30.9 Å². The van der Waals surface area contributed by atoms with Crippen LogP contribution in [-0.4, -0.2) is 81.4 Å². The number of rotatable bonds is 9. The minimum atomic E-state index is -3.84. The Bertz CT molecular complexity index is 1770. The summed E-state index contributed by atoms with van der Waals surface area (Å²) in [5.41, 5.74) is 11.2. The highest BCUT2D eigenvalue weighted by molar-refractivity contribution is 8.46. The number of nitrogens with one attached hydrogen (secondary N) is 1. The molecule has 0 radical (unpaired) electrons. The fraction of sp³-hybridized carbons (Fsp3) is 0.500. The standard InChI is InChI=1S/C20H26N10O8P2S2/c21-15-17-23-3-9(30(17)26-6-24-15)10-2-11(38-39(33)41)12(37-10)5-35-40(34,42)13-1-8(4-31)36-19(13)29-7-25-14-16(29)27-20(22)28-18(14)32/h3,6-8,10-13,19,31,39H,1-2,4-5H2,(H,33,41)(H,34,42)(H2,21,24,26)(H3,22,27,28,32)/t8-,10+,11-,12+,13+,19+,40+/m0/s1. The van der Waals surface area contributed by atoms with Crippen molar-refractivity contribution in [1.29, 1.82) is 0 Å². The van der Waals surface area contributed by atoms with Gasteiger partial charge in [0.05, 0.1) is 49.3 Å². The number of aromatic amines is 1. The number of thiol groups is 2. The van der Waals surface area contributed by atoms with E-state index in [1.807, 2.05) is 0 Å². The van der Waals surface area contributed by atoms with Gasteiger partial charge in [0, 0.05) is 6.42 Å². The number of anilines is 2. The SMILES string of the molecule is Nc1nc2c(ncn2[C@@H]2O[C@H](CO)C[C@H]2[P@](=O)(S)OC[C@H]2O[C@@H](c3cnc4c(N)ncnn34)C[C@@H]2O[PH](=O)S)c(=O)[nH]1. The zero-order valence-corrected chi connectivity index (χ0v) is 25.1. The molecule has 0 aliphatic carbocycles.